The highest BCUT2D eigenvalue weighted by Crippen LogP contribution is 2.47. The van der Waals surface area contributed by atoms with Crippen LogP contribution in [0.2, 0.25) is 0 Å². The zero-order chi connectivity index (χ0) is 34.4. The van der Waals surface area contributed by atoms with E-state index in [-0.39, 0.29) is 0 Å². The Kier molecular flexibility index (Phi) is 7.18. The predicted molar refractivity (Wildman–Crippen MR) is 220 cm³/mol. The molecular formula is C50H33NO. The molecule has 2 nitrogen and oxygen atoms in total. The lowest BCUT2D eigenvalue weighted by Gasteiger charge is -2.27. The summed E-state index contributed by atoms with van der Waals surface area (Å²) in [6.45, 7) is 0. The highest BCUT2D eigenvalue weighted by atomic mass is 16.3. The topological polar surface area (TPSA) is 16.4 Å². The Balaban J connectivity index is 1.18. The van der Waals surface area contributed by atoms with Crippen LogP contribution >= 0.6 is 0 Å². The first-order valence-electron chi connectivity index (χ1n) is 17.8. The maximum absolute atomic E-state index is 6.80. The Labute approximate surface area is 302 Å². The van der Waals surface area contributed by atoms with Crippen LogP contribution in [0, 0.1) is 0 Å². The molecule has 0 saturated heterocycles. The zero-order valence-corrected chi connectivity index (χ0v) is 28.4. The van der Waals surface area contributed by atoms with Gasteiger partial charge in [0, 0.05) is 21.8 Å². The molecule has 0 unspecified atom stereocenters. The summed E-state index contributed by atoms with van der Waals surface area (Å²) in [5.41, 5.74) is 12.2. The first kappa shape index (κ1) is 30.0. The summed E-state index contributed by atoms with van der Waals surface area (Å²) in [7, 11) is 0. The largest absolute Gasteiger partial charge is 0.455 e. The van der Waals surface area contributed by atoms with Crippen molar-refractivity contribution in [2.75, 3.05) is 4.90 Å². The minimum Gasteiger partial charge on any atom is -0.455 e. The SMILES string of the molecule is c1ccc(-c2ccc(-c3ccc(N(c4cccc5ccccc45)c4cccc5oc6c7ccccc7c(-c7ccccc7)cc6c45)cc3)cc2)cc1. The van der Waals surface area contributed by atoms with Gasteiger partial charge in [0.15, 0.2) is 0 Å². The van der Waals surface area contributed by atoms with Gasteiger partial charge in [-0.1, -0.05) is 164 Å². The van der Waals surface area contributed by atoms with E-state index >= 15 is 0 Å². The molecule has 1 aromatic heterocycles. The van der Waals surface area contributed by atoms with Crippen molar-refractivity contribution in [1.29, 1.82) is 0 Å². The molecule has 0 aliphatic rings. The van der Waals surface area contributed by atoms with E-state index in [2.05, 4.69) is 205 Å². The Morgan fingerprint density at radius 3 is 1.58 bits per heavy atom. The summed E-state index contributed by atoms with van der Waals surface area (Å²) >= 11 is 0. The van der Waals surface area contributed by atoms with Crippen molar-refractivity contribution in [3.8, 4) is 33.4 Å². The third-order valence-electron chi connectivity index (χ3n) is 10.3. The van der Waals surface area contributed by atoms with Gasteiger partial charge in [0.25, 0.3) is 0 Å². The molecule has 0 bridgehead atoms. The van der Waals surface area contributed by atoms with Crippen LogP contribution in [-0.2, 0) is 0 Å². The van der Waals surface area contributed by atoms with E-state index in [1.165, 1.54) is 49.5 Å². The number of hydrogen-bond donors (Lipinski definition) is 0. The van der Waals surface area contributed by atoms with Crippen molar-refractivity contribution in [2.45, 2.75) is 0 Å². The number of nitrogens with zero attached hydrogens (tertiary/aromatic N) is 1. The monoisotopic (exact) mass is 663 g/mol. The fourth-order valence-electron chi connectivity index (χ4n) is 7.77. The molecule has 0 amide bonds. The number of anilines is 3. The molecule has 10 aromatic rings. The van der Waals surface area contributed by atoms with Gasteiger partial charge in [-0.15, -0.1) is 0 Å². The van der Waals surface area contributed by atoms with Crippen LogP contribution < -0.4 is 4.90 Å². The molecule has 0 atom stereocenters. The smallest absolute Gasteiger partial charge is 0.143 e. The van der Waals surface area contributed by atoms with E-state index in [0.29, 0.717) is 0 Å². The second-order valence-corrected chi connectivity index (χ2v) is 13.3. The van der Waals surface area contributed by atoms with Gasteiger partial charge < -0.3 is 9.32 Å². The van der Waals surface area contributed by atoms with Crippen LogP contribution in [0.15, 0.2) is 205 Å². The number of furan rings is 1. The van der Waals surface area contributed by atoms with Crippen molar-refractivity contribution in [3.63, 3.8) is 0 Å². The zero-order valence-electron chi connectivity index (χ0n) is 28.4. The maximum atomic E-state index is 6.80. The molecule has 2 heteroatoms. The highest BCUT2D eigenvalue weighted by Gasteiger charge is 2.23. The molecule has 9 aromatic carbocycles. The van der Waals surface area contributed by atoms with Crippen molar-refractivity contribution in [2.24, 2.45) is 0 Å². The summed E-state index contributed by atoms with van der Waals surface area (Å²) in [5, 5.41) is 6.87. The van der Waals surface area contributed by atoms with Gasteiger partial charge >= 0.3 is 0 Å². The lowest BCUT2D eigenvalue weighted by molar-refractivity contribution is 0.672. The molecule has 244 valence electrons. The number of rotatable bonds is 6. The van der Waals surface area contributed by atoms with E-state index in [4.69, 9.17) is 4.42 Å². The summed E-state index contributed by atoms with van der Waals surface area (Å²) in [6, 6.07) is 71.6. The second kappa shape index (κ2) is 12.5. The van der Waals surface area contributed by atoms with Gasteiger partial charge in [0.2, 0.25) is 0 Å². The molecule has 0 fully saturated rings. The second-order valence-electron chi connectivity index (χ2n) is 13.3. The third-order valence-corrected chi connectivity index (χ3v) is 10.3. The van der Waals surface area contributed by atoms with Gasteiger partial charge in [0.1, 0.15) is 11.2 Å². The molecule has 10 rings (SSSR count). The fraction of sp³-hybridized carbons (Fsp3) is 0. The molecule has 0 aliphatic carbocycles. The number of benzene rings is 9. The van der Waals surface area contributed by atoms with E-state index in [9.17, 15) is 0 Å². The van der Waals surface area contributed by atoms with E-state index in [1.54, 1.807) is 0 Å². The lowest BCUT2D eigenvalue weighted by Crippen LogP contribution is -2.10. The van der Waals surface area contributed by atoms with Crippen molar-refractivity contribution in [1.82, 2.24) is 0 Å². The lowest BCUT2D eigenvalue weighted by atomic mass is 9.95. The molecule has 0 N–H and O–H groups in total. The average Bonchev–Trinajstić information content (AvgIpc) is 3.61. The van der Waals surface area contributed by atoms with Crippen LogP contribution in [0.4, 0.5) is 17.1 Å². The van der Waals surface area contributed by atoms with Gasteiger partial charge in [-0.05, 0) is 80.6 Å². The molecule has 0 spiro atoms. The molecule has 0 radical (unpaired) electrons. The standard InChI is InChI=1S/C50H33NO/c1-3-13-34(14-4-1)35-25-27-36(28-26-35)37-29-31-40(32-30-37)51(46-22-11-18-38-17-7-8-19-41(38)46)47-23-12-24-48-49(47)45-33-44(39-15-5-2-6-16-39)42-20-9-10-21-43(42)50(45)52-48/h1-33H. The van der Waals surface area contributed by atoms with Gasteiger partial charge in [-0.2, -0.15) is 0 Å². The Bertz CT molecular complexity index is 2870. The van der Waals surface area contributed by atoms with Gasteiger partial charge in [0.05, 0.1) is 16.8 Å². The molecule has 0 saturated carbocycles. The maximum Gasteiger partial charge on any atom is 0.143 e. The normalized spacial score (nSPS) is 11.5. The minimum absolute atomic E-state index is 0.864. The molecule has 0 aliphatic heterocycles. The number of fused-ring (bicyclic) bond motifs is 6. The average molecular weight is 664 g/mol. The Morgan fingerprint density at radius 2 is 0.865 bits per heavy atom. The minimum atomic E-state index is 0.864. The highest BCUT2D eigenvalue weighted by molar-refractivity contribution is 6.23. The van der Waals surface area contributed by atoms with Crippen molar-refractivity contribution < 1.29 is 4.42 Å². The van der Waals surface area contributed by atoms with Crippen LogP contribution in [0.3, 0.4) is 0 Å². The molecule has 52 heavy (non-hydrogen) atoms. The van der Waals surface area contributed by atoms with E-state index in [0.717, 1.165) is 44.4 Å². The quantitative estimate of drug-likeness (QED) is 0.176. The van der Waals surface area contributed by atoms with Crippen LogP contribution in [0.25, 0.3) is 76.9 Å². The van der Waals surface area contributed by atoms with Crippen molar-refractivity contribution in [3.05, 3.63) is 200 Å². The summed E-state index contributed by atoms with van der Waals surface area (Å²) in [5.74, 6) is 0. The Morgan fingerprint density at radius 1 is 0.346 bits per heavy atom. The summed E-state index contributed by atoms with van der Waals surface area (Å²) < 4.78 is 6.80. The third kappa shape index (κ3) is 5.04. The van der Waals surface area contributed by atoms with Crippen LogP contribution in [0.1, 0.15) is 0 Å². The first-order valence-corrected chi connectivity index (χ1v) is 17.8. The van der Waals surface area contributed by atoms with Crippen molar-refractivity contribution >= 4 is 60.5 Å². The van der Waals surface area contributed by atoms with Crippen LogP contribution in [-0.4, -0.2) is 0 Å². The molecule has 1 heterocycles. The Hall–Kier alpha value is -6.90. The predicted octanol–water partition coefficient (Wildman–Crippen LogP) is 14.4. The van der Waals surface area contributed by atoms with E-state index in [1.807, 2.05) is 0 Å². The summed E-state index contributed by atoms with van der Waals surface area (Å²) in [6.07, 6.45) is 0. The summed E-state index contributed by atoms with van der Waals surface area (Å²) in [4.78, 5) is 2.40. The number of hydrogen-bond acceptors (Lipinski definition) is 2. The first-order chi connectivity index (χ1) is 25.8. The fourth-order valence-corrected chi connectivity index (χ4v) is 7.77. The van der Waals surface area contributed by atoms with Gasteiger partial charge in [-0.3, -0.25) is 0 Å². The van der Waals surface area contributed by atoms with E-state index < -0.39 is 0 Å². The molecular weight excluding hydrogens is 631 g/mol. The van der Waals surface area contributed by atoms with Gasteiger partial charge in [-0.25, -0.2) is 0 Å². The van der Waals surface area contributed by atoms with Crippen LogP contribution in [0.5, 0.6) is 0 Å².